The summed E-state index contributed by atoms with van der Waals surface area (Å²) < 4.78 is 0. The number of β-amino-alcohol motifs (C(OH)–C–C–N with tert-alkyl or cyclic N) is 1. The molecule has 5 heteroatoms. The second kappa shape index (κ2) is 5.58. The number of rotatable bonds is 5. The van der Waals surface area contributed by atoms with Gasteiger partial charge >= 0.3 is 0 Å². The van der Waals surface area contributed by atoms with Crippen LogP contribution in [0.25, 0.3) is 0 Å². The molecule has 1 aliphatic carbocycles. The van der Waals surface area contributed by atoms with Crippen molar-refractivity contribution in [1.82, 2.24) is 15.2 Å². The maximum Gasteiger partial charge on any atom is 0.253 e. The molecule has 1 aliphatic heterocycles. The monoisotopic (exact) mass is 277 g/mol. The zero-order chi connectivity index (χ0) is 14.1. The second-order valence-corrected chi connectivity index (χ2v) is 6.08. The lowest BCUT2D eigenvalue weighted by atomic mass is 9.98. The van der Waals surface area contributed by atoms with Gasteiger partial charge in [-0.25, -0.2) is 0 Å². The fourth-order valence-corrected chi connectivity index (χ4v) is 3.34. The number of hydrogen-bond donors (Lipinski definition) is 3. The summed E-state index contributed by atoms with van der Waals surface area (Å²) in [6.45, 7) is 4.67. The summed E-state index contributed by atoms with van der Waals surface area (Å²) >= 11 is 0. The van der Waals surface area contributed by atoms with Crippen molar-refractivity contribution in [2.24, 2.45) is 11.8 Å². The number of aromatic nitrogens is 1. The van der Waals surface area contributed by atoms with Crippen LogP contribution in [-0.4, -0.2) is 53.2 Å². The highest BCUT2D eigenvalue weighted by Crippen LogP contribution is 2.41. The summed E-state index contributed by atoms with van der Waals surface area (Å²) in [5, 5.41) is 12.3. The number of aliphatic hydroxyl groups is 1. The van der Waals surface area contributed by atoms with Crippen LogP contribution in [0.1, 0.15) is 28.9 Å². The van der Waals surface area contributed by atoms with Crippen LogP contribution in [-0.2, 0) is 0 Å². The van der Waals surface area contributed by atoms with Crippen molar-refractivity contribution in [1.29, 1.82) is 0 Å². The van der Waals surface area contributed by atoms with Crippen LogP contribution in [0.3, 0.4) is 0 Å². The molecule has 1 aromatic heterocycles. The van der Waals surface area contributed by atoms with E-state index in [-0.39, 0.29) is 18.6 Å². The minimum Gasteiger partial charge on any atom is -0.395 e. The van der Waals surface area contributed by atoms with Gasteiger partial charge in [0.25, 0.3) is 5.91 Å². The van der Waals surface area contributed by atoms with Crippen molar-refractivity contribution >= 4 is 5.91 Å². The molecule has 1 aromatic rings. The first-order chi connectivity index (χ1) is 9.69. The molecule has 1 amide bonds. The highest BCUT2D eigenvalue weighted by Gasteiger charge is 2.42. The third-order valence-corrected chi connectivity index (χ3v) is 4.60. The van der Waals surface area contributed by atoms with Crippen LogP contribution in [0.5, 0.6) is 0 Å². The van der Waals surface area contributed by atoms with Gasteiger partial charge in [-0.05, 0) is 37.7 Å². The lowest BCUT2D eigenvalue weighted by molar-refractivity contribution is 0.0927. The van der Waals surface area contributed by atoms with Crippen LogP contribution < -0.4 is 5.32 Å². The Labute approximate surface area is 119 Å². The Morgan fingerprint density at radius 3 is 2.90 bits per heavy atom. The van der Waals surface area contributed by atoms with Gasteiger partial charge in [-0.1, -0.05) is 0 Å². The van der Waals surface area contributed by atoms with Crippen LogP contribution in [0.2, 0.25) is 0 Å². The first-order valence-corrected chi connectivity index (χ1v) is 7.47. The van der Waals surface area contributed by atoms with Gasteiger partial charge in [-0.2, -0.15) is 0 Å². The quantitative estimate of drug-likeness (QED) is 0.744. The predicted molar refractivity (Wildman–Crippen MR) is 76.5 cm³/mol. The molecule has 5 nitrogen and oxygen atoms in total. The van der Waals surface area contributed by atoms with Gasteiger partial charge in [0.2, 0.25) is 0 Å². The third kappa shape index (κ3) is 2.74. The van der Waals surface area contributed by atoms with E-state index in [1.807, 2.05) is 13.0 Å². The zero-order valence-corrected chi connectivity index (χ0v) is 11.9. The summed E-state index contributed by atoms with van der Waals surface area (Å²) in [5.41, 5.74) is 1.65. The average Bonchev–Trinajstić information content (AvgIpc) is 3.05. The van der Waals surface area contributed by atoms with Crippen molar-refractivity contribution < 1.29 is 9.90 Å². The molecular weight excluding hydrogens is 254 g/mol. The SMILES string of the molecule is Cc1[nH]ccc1C(=O)N[C@H]1CN(CCO)C[C@@H]1C1CC1. The molecule has 1 saturated heterocycles. The second-order valence-electron chi connectivity index (χ2n) is 6.08. The Morgan fingerprint density at radius 1 is 1.50 bits per heavy atom. The molecule has 0 unspecified atom stereocenters. The van der Waals surface area contributed by atoms with Gasteiger partial charge in [-0.3, -0.25) is 9.69 Å². The summed E-state index contributed by atoms with van der Waals surface area (Å²) in [6, 6.07) is 2.05. The average molecular weight is 277 g/mol. The number of aromatic amines is 1. The standard InChI is InChI=1S/C15H23N3O2/c1-10-12(4-5-16-10)15(20)17-14-9-18(6-7-19)8-13(14)11-2-3-11/h4-5,11,13-14,16,19H,2-3,6-9H2,1H3,(H,17,20)/t13-,14+/m1/s1. The van der Waals surface area contributed by atoms with Gasteiger partial charge in [0, 0.05) is 37.6 Å². The molecule has 3 rings (SSSR count). The Hall–Kier alpha value is -1.33. The molecule has 20 heavy (non-hydrogen) atoms. The molecule has 2 atom stereocenters. The summed E-state index contributed by atoms with van der Waals surface area (Å²) in [7, 11) is 0. The number of carbonyl (C=O) groups excluding carboxylic acids is 1. The number of nitrogens with zero attached hydrogens (tertiary/aromatic N) is 1. The van der Waals surface area contributed by atoms with E-state index in [4.69, 9.17) is 5.11 Å². The van der Waals surface area contributed by atoms with Crippen molar-refractivity contribution in [2.75, 3.05) is 26.2 Å². The number of aryl methyl sites for hydroxylation is 1. The predicted octanol–water partition coefficient (Wildman–Crippen LogP) is 0.756. The number of aliphatic hydroxyl groups excluding tert-OH is 1. The summed E-state index contributed by atoms with van der Waals surface area (Å²) in [4.78, 5) is 17.6. The molecule has 0 radical (unpaired) electrons. The Morgan fingerprint density at radius 2 is 2.30 bits per heavy atom. The van der Waals surface area contributed by atoms with Crippen molar-refractivity contribution in [3.63, 3.8) is 0 Å². The Balaban J connectivity index is 1.65. The molecule has 2 heterocycles. The van der Waals surface area contributed by atoms with Gasteiger partial charge in [0.1, 0.15) is 0 Å². The molecular formula is C15H23N3O2. The third-order valence-electron chi connectivity index (χ3n) is 4.60. The van der Waals surface area contributed by atoms with E-state index >= 15 is 0 Å². The van der Waals surface area contributed by atoms with Gasteiger partial charge < -0.3 is 15.4 Å². The molecule has 0 bridgehead atoms. The van der Waals surface area contributed by atoms with Crippen molar-refractivity contribution in [2.45, 2.75) is 25.8 Å². The van der Waals surface area contributed by atoms with E-state index in [0.29, 0.717) is 12.5 Å². The van der Waals surface area contributed by atoms with Crippen molar-refractivity contribution in [3.8, 4) is 0 Å². The molecule has 2 aliphatic rings. The van der Waals surface area contributed by atoms with E-state index in [9.17, 15) is 4.79 Å². The first kappa shape index (κ1) is 13.6. The molecule has 110 valence electrons. The lowest BCUT2D eigenvalue weighted by Crippen LogP contribution is -2.41. The number of carbonyl (C=O) groups is 1. The van der Waals surface area contributed by atoms with Crippen LogP contribution in [0.4, 0.5) is 0 Å². The van der Waals surface area contributed by atoms with Crippen molar-refractivity contribution in [3.05, 3.63) is 23.5 Å². The van der Waals surface area contributed by atoms with E-state index in [1.54, 1.807) is 6.20 Å². The van der Waals surface area contributed by atoms with Gasteiger partial charge in [0.05, 0.1) is 12.2 Å². The minimum absolute atomic E-state index is 0.0187. The number of amides is 1. The number of H-pyrrole nitrogens is 1. The maximum atomic E-state index is 12.3. The number of nitrogens with one attached hydrogen (secondary N) is 2. The molecule has 0 spiro atoms. The van der Waals surface area contributed by atoms with E-state index in [0.717, 1.165) is 30.3 Å². The first-order valence-electron chi connectivity index (χ1n) is 7.47. The summed E-state index contributed by atoms with van der Waals surface area (Å²) in [6.07, 6.45) is 4.37. The zero-order valence-electron chi connectivity index (χ0n) is 11.9. The largest absolute Gasteiger partial charge is 0.395 e. The Kier molecular flexibility index (Phi) is 3.81. The lowest BCUT2D eigenvalue weighted by Gasteiger charge is -2.19. The van der Waals surface area contributed by atoms with Gasteiger partial charge in [0.15, 0.2) is 0 Å². The fourth-order valence-electron chi connectivity index (χ4n) is 3.34. The number of hydrogen-bond acceptors (Lipinski definition) is 3. The molecule has 3 N–H and O–H groups in total. The van der Waals surface area contributed by atoms with Crippen LogP contribution >= 0.6 is 0 Å². The van der Waals surface area contributed by atoms with E-state index in [2.05, 4.69) is 15.2 Å². The number of likely N-dealkylation sites (tertiary alicyclic amines) is 1. The van der Waals surface area contributed by atoms with Gasteiger partial charge in [-0.15, -0.1) is 0 Å². The maximum absolute atomic E-state index is 12.3. The van der Waals surface area contributed by atoms with Crippen LogP contribution in [0.15, 0.2) is 12.3 Å². The smallest absolute Gasteiger partial charge is 0.253 e. The highest BCUT2D eigenvalue weighted by atomic mass is 16.3. The molecule has 2 fully saturated rings. The normalized spacial score (nSPS) is 26.9. The molecule has 0 aromatic carbocycles. The van der Waals surface area contributed by atoms with E-state index < -0.39 is 0 Å². The molecule has 1 saturated carbocycles. The van der Waals surface area contributed by atoms with E-state index in [1.165, 1.54) is 12.8 Å². The Bertz CT molecular complexity index is 481. The summed E-state index contributed by atoms with van der Waals surface area (Å²) in [5.74, 6) is 1.33. The van der Waals surface area contributed by atoms with Crippen LogP contribution in [0, 0.1) is 18.8 Å². The minimum atomic E-state index is 0.0187. The highest BCUT2D eigenvalue weighted by molar-refractivity contribution is 5.95. The topological polar surface area (TPSA) is 68.4 Å². The fraction of sp³-hybridized carbons (Fsp3) is 0.667.